The van der Waals surface area contributed by atoms with Crippen molar-refractivity contribution in [3.63, 3.8) is 0 Å². The molecule has 1 aromatic heterocycles. The summed E-state index contributed by atoms with van der Waals surface area (Å²) in [4.78, 5) is 16.8. The molecule has 4 heteroatoms. The molecule has 1 aliphatic carbocycles. The minimum Gasteiger partial charge on any atom is -0.340 e. The summed E-state index contributed by atoms with van der Waals surface area (Å²) in [5.41, 5.74) is 5.27. The Balaban J connectivity index is 1.65. The molecule has 0 N–H and O–H groups in total. The molecule has 0 amide bonds. The quantitative estimate of drug-likeness (QED) is 0.150. The van der Waals surface area contributed by atoms with E-state index in [1.54, 1.807) is 6.07 Å². The Labute approximate surface area is 218 Å². The number of fused-ring (bicyclic) bond motifs is 4. The molecule has 4 aromatic rings. The minimum absolute atomic E-state index is 0.0556. The number of nitriles is 1. The molecular weight excluding hydrogens is 454 g/mol. The van der Waals surface area contributed by atoms with Gasteiger partial charge in [-0.05, 0) is 47.7 Å². The van der Waals surface area contributed by atoms with Gasteiger partial charge in [-0.2, -0.15) is 0 Å². The fourth-order valence-electron chi connectivity index (χ4n) is 5.53. The van der Waals surface area contributed by atoms with Gasteiger partial charge >= 0.3 is 0 Å². The molecule has 0 radical (unpaired) electrons. The number of hydrogen-bond acceptors (Lipinski definition) is 2. The first-order chi connectivity index (χ1) is 18.1. The number of benzene rings is 3. The van der Waals surface area contributed by atoms with E-state index < -0.39 is 0 Å². The molecular formula is C33H29N3O. The van der Waals surface area contributed by atoms with Gasteiger partial charge < -0.3 is 4.57 Å². The Morgan fingerprint density at radius 1 is 1.03 bits per heavy atom. The van der Waals surface area contributed by atoms with Crippen molar-refractivity contribution in [2.24, 2.45) is 5.92 Å². The van der Waals surface area contributed by atoms with E-state index in [1.807, 2.05) is 36.4 Å². The molecule has 3 aromatic carbocycles. The standard InChI is InChI=1S/C33H29N3O/c1-4-6-11-22(5-2)21-36-30-15-10-9-12-24(30)27-18-23(16-17-31(27)36)19-28-32(29(20-34)35-3)25-13-7-8-14-26(25)33(28)37/h7-10,12-19,22H,4-6,11,21H2,1-2H3/b28-19-,32-29-. The molecule has 0 aliphatic heterocycles. The van der Waals surface area contributed by atoms with Crippen LogP contribution in [0.3, 0.4) is 0 Å². The van der Waals surface area contributed by atoms with Gasteiger partial charge in [0.15, 0.2) is 5.78 Å². The molecule has 37 heavy (non-hydrogen) atoms. The van der Waals surface area contributed by atoms with E-state index in [2.05, 4.69) is 59.7 Å². The second-order valence-corrected chi connectivity index (χ2v) is 9.70. The van der Waals surface area contributed by atoms with Gasteiger partial charge in [0.1, 0.15) is 0 Å². The van der Waals surface area contributed by atoms with Gasteiger partial charge in [0.05, 0.1) is 12.6 Å². The number of rotatable bonds is 7. The zero-order valence-electron chi connectivity index (χ0n) is 21.3. The maximum atomic E-state index is 13.3. The largest absolute Gasteiger partial charge is 0.340 e. The highest BCUT2D eigenvalue weighted by Gasteiger charge is 2.32. The predicted octanol–water partition coefficient (Wildman–Crippen LogP) is 8.44. The molecule has 5 rings (SSSR count). The highest BCUT2D eigenvalue weighted by Crippen LogP contribution is 2.40. The summed E-state index contributed by atoms with van der Waals surface area (Å²) in [5, 5.41) is 12.0. The van der Waals surface area contributed by atoms with E-state index in [-0.39, 0.29) is 11.5 Å². The lowest BCUT2D eigenvalue weighted by atomic mass is 9.99. The highest BCUT2D eigenvalue weighted by atomic mass is 16.1. The Morgan fingerprint density at radius 2 is 1.76 bits per heavy atom. The molecule has 0 bridgehead atoms. The van der Waals surface area contributed by atoms with Crippen molar-refractivity contribution in [1.82, 2.24) is 4.57 Å². The van der Waals surface area contributed by atoms with E-state index in [0.717, 1.165) is 23.9 Å². The van der Waals surface area contributed by atoms with E-state index in [1.165, 1.54) is 35.7 Å². The molecule has 0 saturated heterocycles. The monoisotopic (exact) mass is 483 g/mol. The van der Waals surface area contributed by atoms with Crippen LogP contribution in [-0.4, -0.2) is 10.4 Å². The summed E-state index contributed by atoms with van der Waals surface area (Å²) in [7, 11) is 0. The molecule has 1 unspecified atom stereocenters. The maximum Gasteiger partial charge on any atom is 0.270 e. The minimum atomic E-state index is -0.147. The van der Waals surface area contributed by atoms with Crippen LogP contribution in [0.5, 0.6) is 0 Å². The first-order valence-electron chi connectivity index (χ1n) is 13.0. The van der Waals surface area contributed by atoms with Gasteiger partial charge in [-0.25, -0.2) is 10.1 Å². The van der Waals surface area contributed by atoms with Crippen LogP contribution in [0.2, 0.25) is 0 Å². The van der Waals surface area contributed by atoms with Crippen LogP contribution in [-0.2, 0) is 6.54 Å². The third kappa shape index (κ3) is 4.26. The average molecular weight is 484 g/mol. The number of unbranched alkanes of at least 4 members (excludes halogenated alkanes) is 1. The van der Waals surface area contributed by atoms with Crippen molar-refractivity contribution in [2.45, 2.75) is 46.1 Å². The molecule has 1 aliphatic rings. The molecule has 182 valence electrons. The van der Waals surface area contributed by atoms with Crippen LogP contribution < -0.4 is 0 Å². The van der Waals surface area contributed by atoms with Crippen molar-refractivity contribution >= 4 is 39.2 Å². The number of aromatic nitrogens is 1. The average Bonchev–Trinajstić information content (AvgIpc) is 3.39. The summed E-state index contributed by atoms with van der Waals surface area (Å²) in [6, 6.07) is 24.0. The Bertz CT molecular complexity index is 1650. The SMILES string of the molecule is [C-]#[N+]/C(C#N)=C1\C(=C\c2ccc3c(c2)c2ccccc2n3CC(CC)CCCC)C(=O)c2ccccc21. The third-order valence-electron chi connectivity index (χ3n) is 7.50. The van der Waals surface area contributed by atoms with E-state index >= 15 is 0 Å². The summed E-state index contributed by atoms with van der Waals surface area (Å²) in [6.07, 6.45) is 6.67. The lowest BCUT2D eigenvalue weighted by Crippen LogP contribution is -2.10. The van der Waals surface area contributed by atoms with Crippen LogP contribution in [0.25, 0.3) is 38.3 Å². The summed E-state index contributed by atoms with van der Waals surface area (Å²) >= 11 is 0. The first-order valence-corrected chi connectivity index (χ1v) is 13.0. The molecule has 0 spiro atoms. The molecule has 4 nitrogen and oxygen atoms in total. The number of para-hydroxylation sites is 1. The van der Waals surface area contributed by atoms with Crippen molar-refractivity contribution in [3.8, 4) is 6.07 Å². The number of carbonyl (C=O) groups excluding carboxylic acids is 1. The zero-order valence-corrected chi connectivity index (χ0v) is 21.3. The molecule has 0 saturated carbocycles. The van der Waals surface area contributed by atoms with Crippen LogP contribution >= 0.6 is 0 Å². The lowest BCUT2D eigenvalue weighted by molar-refractivity contribution is 0.104. The summed E-state index contributed by atoms with van der Waals surface area (Å²) in [6.45, 7) is 13.0. The van der Waals surface area contributed by atoms with Gasteiger partial charge in [-0.3, -0.25) is 4.79 Å². The number of nitrogens with zero attached hydrogens (tertiary/aromatic N) is 3. The summed E-state index contributed by atoms with van der Waals surface area (Å²) < 4.78 is 2.44. The number of allylic oxidation sites excluding steroid dienone is 3. The van der Waals surface area contributed by atoms with Crippen molar-refractivity contribution in [1.29, 1.82) is 5.26 Å². The molecule has 0 fully saturated rings. The van der Waals surface area contributed by atoms with Gasteiger partial charge in [0.2, 0.25) is 0 Å². The van der Waals surface area contributed by atoms with Crippen LogP contribution in [0, 0.1) is 23.8 Å². The zero-order chi connectivity index (χ0) is 25.9. The topological polar surface area (TPSA) is 50.1 Å². The van der Waals surface area contributed by atoms with E-state index in [9.17, 15) is 10.1 Å². The van der Waals surface area contributed by atoms with E-state index in [0.29, 0.717) is 28.2 Å². The smallest absolute Gasteiger partial charge is 0.270 e. The van der Waals surface area contributed by atoms with Gasteiger partial charge in [0.25, 0.3) is 5.70 Å². The Kier molecular flexibility index (Phi) is 6.76. The van der Waals surface area contributed by atoms with Crippen molar-refractivity contribution in [2.75, 3.05) is 0 Å². The second kappa shape index (κ2) is 10.3. The second-order valence-electron chi connectivity index (χ2n) is 9.70. The van der Waals surface area contributed by atoms with Crippen LogP contribution in [0.15, 0.2) is 78.0 Å². The maximum absolute atomic E-state index is 13.3. The number of ketones is 1. The molecule has 1 atom stereocenters. The normalized spacial score (nSPS) is 16.1. The fourth-order valence-corrected chi connectivity index (χ4v) is 5.53. The van der Waals surface area contributed by atoms with Gasteiger partial charge in [-0.1, -0.05) is 81.6 Å². The Hall–Kier alpha value is -4.41. The lowest BCUT2D eigenvalue weighted by Gasteiger charge is -2.17. The van der Waals surface area contributed by atoms with Gasteiger partial charge in [0, 0.05) is 45.1 Å². The van der Waals surface area contributed by atoms with Crippen molar-refractivity contribution < 1.29 is 4.79 Å². The third-order valence-corrected chi connectivity index (χ3v) is 7.50. The van der Waals surface area contributed by atoms with E-state index in [4.69, 9.17) is 6.57 Å². The van der Waals surface area contributed by atoms with Crippen molar-refractivity contribution in [3.05, 3.63) is 106 Å². The predicted molar refractivity (Wildman–Crippen MR) is 151 cm³/mol. The first kappa shape index (κ1) is 24.3. The number of Topliss-reactive ketones (excluding diaryl/α,β-unsaturated/α-hetero) is 1. The number of carbonyl (C=O) groups is 1. The Morgan fingerprint density at radius 3 is 2.49 bits per heavy atom. The summed E-state index contributed by atoms with van der Waals surface area (Å²) in [5.74, 6) is 0.479. The molecule has 1 heterocycles. The fraction of sp³-hybridized carbons (Fsp3) is 0.242. The van der Waals surface area contributed by atoms with Crippen LogP contribution in [0.4, 0.5) is 0 Å². The highest BCUT2D eigenvalue weighted by molar-refractivity contribution is 6.29. The van der Waals surface area contributed by atoms with Crippen LogP contribution in [0.1, 0.15) is 61.0 Å². The van der Waals surface area contributed by atoms with Gasteiger partial charge in [-0.15, -0.1) is 0 Å². The number of hydrogen-bond donors (Lipinski definition) is 0.